The standard InChI is InChI=1S/C25H37NO8S/c1-24(2,3)34-23(28)26-15-17(33-25(26,4)5)14-21-22(31-6)19(20(32-21)12-13-27)16-35(29,30)18-10-8-7-9-11-18/h7-11,13,17,19-22H,12,14-16H2,1-6H3/t17-,19-,20-,21?,22+/m0/s1. The smallest absolute Gasteiger partial charge is 0.412 e. The normalized spacial score (nSPS) is 28.7. The second-order valence-corrected chi connectivity index (χ2v) is 12.6. The number of hydrogen-bond acceptors (Lipinski definition) is 8. The molecule has 2 fully saturated rings. The lowest BCUT2D eigenvalue weighted by atomic mass is 9.94. The Kier molecular flexibility index (Phi) is 8.30. The summed E-state index contributed by atoms with van der Waals surface area (Å²) in [5, 5.41) is 0. The Hall–Kier alpha value is -2.01. The van der Waals surface area contributed by atoms with E-state index in [1.807, 2.05) is 0 Å². The predicted molar refractivity (Wildman–Crippen MR) is 129 cm³/mol. The van der Waals surface area contributed by atoms with E-state index in [4.69, 9.17) is 18.9 Å². The highest BCUT2D eigenvalue weighted by molar-refractivity contribution is 7.91. The number of aldehydes is 1. The Morgan fingerprint density at radius 1 is 1.20 bits per heavy atom. The topological polar surface area (TPSA) is 108 Å². The molecule has 1 unspecified atom stereocenters. The van der Waals surface area contributed by atoms with Crippen LogP contribution < -0.4 is 0 Å². The molecule has 196 valence electrons. The van der Waals surface area contributed by atoms with Crippen molar-refractivity contribution in [2.75, 3.05) is 19.4 Å². The van der Waals surface area contributed by atoms with Gasteiger partial charge < -0.3 is 23.7 Å². The van der Waals surface area contributed by atoms with Gasteiger partial charge >= 0.3 is 6.09 Å². The Balaban J connectivity index is 1.75. The molecule has 5 atom stereocenters. The average molecular weight is 512 g/mol. The van der Waals surface area contributed by atoms with E-state index in [-0.39, 0.29) is 23.2 Å². The third-order valence-corrected chi connectivity index (χ3v) is 8.14. The van der Waals surface area contributed by atoms with Gasteiger partial charge in [0.2, 0.25) is 0 Å². The third-order valence-electron chi connectivity index (χ3n) is 6.33. The van der Waals surface area contributed by atoms with Crippen LogP contribution in [0.2, 0.25) is 0 Å². The van der Waals surface area contributed by atoms with E-state index in [2.05, 4.69) is 0 Å². The maximum atomic E-state index is 13.1. The first-order chi connectivity index (χ1) is 16.3. The van der Waals surface area contributed by atoms with E-state index in [9.17, 15) is 18.0 Å². The number of ether oxygens (including phenoxy) is 4. The monoisotopic (exact) mass is 511 g/mol. The number of rotatable bonds is 8. The molecule has 35 heavy (non-hydrogen) atoms. The van der Waals surface area contributed by atoms with Crippen LogP contribution >= 0.6 is 0 Å². The van der Waals surface area contributed by atoms with Crippen molar-refractivity contribution in [1.29, 1.82) is 0 Å². The molecule has 0 aromatic heterocycles. The van der Waals surface area contributed by atoms with Gasteiger partial charge in [0, 0.05) is 25.9 Å². The van der Waals surface area contributed by atoms with E-state index >= 15 is 0 Å². The molecule has 0 aliphatic carbocycles. The predicted octanol–water partition coefficient (Wildman–Crippen LogP) is 3.21. The summed E-state index contributed by atoms with van der Waals surface area (Å²) in [6.07, 6.45) is -1.32. The van der Waals surface area contributed by atoms with Gasteiger partial charge in [0.05, 0.1) is 41.6 Å². The first-order valence-electron chi connectivity index (χ1n) is 11.9. The molecule has 2 aliphatic rings. The van der Waals surface area contributed by atoms with Gasteiger partial charge in [-0.25, -0.2) is 13.2 Å². The van der Waals surface area contributed by atoms with Crippen LogP contribution in [0, 0.1) is 5.92 Å². The molecule has 0 saturated carbocycles. The number of carbonyl (C=O) groups is 2. The van der Waals surface area contributed by atoms with Crippen LogP contribution in [0.5, 0.6) is 0 Å². The van der Waals surface area contributed by atoms with Gasteiger partial charge in [-0.1, -0.05) is 18.2 Å². The molecule has 0 radical (unpaired) electrons. The average Bonchev–Trinajstić information content (AvgIpc) is 3.23. The van der Waals surface area contributed by atoms with Gasteiger partial charge in [-0.15, -0.1) is 0 Å². The summed E-state index contributed by atoms with van der Waals surface area (Å²) in [6, 6.07) is 8.21. The molecular formula is C25H37NO8S. The largest absolute Gasteiger partial charge is 0.444 e. The van der Waals surface area contributed by atoms with E-state index in [1.165, 1.54) is 7.11 Å². The molecule has 2 heterocycles. The lowest BCUT2D eigenvalue weighted by molar-refractivity contribution is -0.111. The summed E-state index contributed by atoms with van der Waals surface area (Å²) in [5.41, 5.74) is -1.52. The number of hydrogen-bond donors (Lipinski definition) is 0. The number of carbonyl (C=O) groups excluding carboxylic acids is 2. The van der Waals surface area contributed by atoms with Crippen LogP contribution in [-0.4, -0.2) is 80.8 Å². The molecule has 0 spiro atoms. The second kappa shape index (κ2) is 10.5. The molecular weight excluding hydrogens is 474 g/mol. The number of amides is 1. The van der Waals surface area contributed by atoms with Crippen molar-refractivity contribution in [1.82, 2.24) is 4.90 Å². The zero-order valence-electron chi connectivity index (χ0n) is 21.3. The van der Waals surface area contributed by atoms with Gasteiger partial charge in [0.25, 0.3) is 0 Å². The lowest BCUT2D eigenvalue weighted by Gasteiger charge is -2.31. The van der Waals surface area contributed by atoms with Crippen LogP contribution in [0.15, 0.2) is 35.2 Å². The number of methoxy groups -OCH3 is 1. The zero-order valence-corrected chi connectivity index (χ0v) is 22.1. The van der Waals surface area contributed by atoms with Gasteiger partial charge in [-0.3, -0.25) is 4.90 Å². The summed E-state index contributed by atoms with van der Waals surface area (Å²) in [6.45, 7) is 9.30. The summed E-state index contributed by atoms with van der Waals surface area (Å²) >= 11 is 0. The van der Waals surface area contributed by atoms with Crippen LogP contribution in [0.1, 0.15) is 47.5 Å². The number of nitrogens with zero attached hydrogens (tertiary/aromatic N) is 1. The Labute approximate surface area is 208 Å². The summed E-state index contributed by atoms with van der Waals surface area (Å²) in [5.74, 6) is -0.734. The minimum absolute atomic E-state index is 0.0619. The molecule has 0 bridgehead atoms. The molecule has 3 rings (SSSR count). The van der Waals surface area contributed by atoms with E-state index in [1.54, 1.807) is 69.9 Å². The van der Waals surface area contributed by atoms with Crippen molar-refractivity contribution in [3.63, 3.8) is 0 Å². The molecule has 1 aromatic rings. The van der Waals surface area contributed by atoms with E-state index in [0.717, 1.165) is 6.29 Å². The van der Waals surface area contributed by atoms with Crippen molar-refractivity contribution < 1.29 is 37.0 Å². The van der Waals surface area contributed by atoms with Crippen LogP contribution in [-0.2, 0) is 33.6 Å². The van der Waals surface area contributed by atoms with Crippen molar-refractivity contribution >= 4 is 22.2 Å². The highest BCUT2D eigenvalue weighted by atomic mass is 32.2. The molecule has 1 aromatic carbocycles. The summed E-state index contributed by atoms with van der Waals surface area (Å²) in [7, 11) is -2.11. The van der Waals surface area contributed by atoms with Crippen molar-refractivity contribution in [2.24, 2.45) is 5.92 Å². The highest BCUT2D eigenvalue weighted by Gasteiger charge is 2.50. The third kappa shape index (κ3) is 6.61. The SMILES string of the molecule is CO[C@H]1C(C[C@H]2CN(C(=O)OC(C)(C)C)C(C)(C)O2)O[C@@H](CC=O)[C@@H]1CS(=O)(=O)c1ccccc1. The molecule has 0 N–H and O–H groups in total. The summed E-state index contributed by atoms with van der Waals surface area (Å²) in [4.78, 5) is 25.8. The first-order valence-corrected chi connectivity index (χ1v) is 13.5. The maximum Gasteiger partial charge on any atom is 0.412 e. The van der Waals surface area contributed by atoms with Gasteiger partial charge in [0.15, 0.2) is 9.84 Å². The first kappa shape index (κ1) is 27.6. The van der Waals surface area contributed by atoms with Gasteiger partial charge in [-0.05, 0) is 46.8 Å². The number of sulfone groups is 1. The Morgan fingerprint density at radius 2 is 1.86 bits per heavy atom. The second-order valence-electron chi connectivity index (χ2n) is 10.6. The molecule has 10 heteroatoms. The van der Waals surface area contributed by atoms with E-state index < -0.39 is 51.5 Å². The van der Waals surface area contributed by atoms with Crippen molar-refractivity contribution in [3.05, 3.63) is 30.3 Å². The van der Waals surface area contributed by atoms with Crippen molar-refractivity contribution in [3.8, 4) is 0 Å². The lowest BCUT2D eigenvalue weighted by Crippen LogP contribution is -2.46. The van der Waals surface area contributed by atoms with E-state index in [0.29, 0.717) is 13.0 Å². The minimum atomic E-state index is -3.62. The Morgan fingerprint density at radius 3 is 2.43 bits per heavy atom. The maximum absolute atomic E-state index is 13.1. The van der Waals surface area contributed by atoms with Gasteiger partial charge in [0.1, 0.15) is 17.6 Å². The fourth-order valence-corrected chi connectivity index (χ4v) is 6.51. The quantitative estimate of drug-likeness (QED) is 0.490. The van der Waals surface area contributed by atoms with Crippen LogP contribution in [0.4, 0.5) is 4.79 Å². The van der Waals surface area contributed by atoms with Crippen molar-refractivity contribution in [2.45, 2.75) is 88.1 Å². The van der Waals surface area contributed by atoms with Crippen LogP contribution in [0.3, 0.4) is 0 Å². The molecule has 1 amide bonds. The molecule has 9 nitrogen and oxygen atoms in total. The Bertz CT molecular complexity index is 988. The number of benzene rings is 1. The minimum Gasteiger partial charge on any atom is -0.444 e. The zero-order chi connectivity index (χ0) is 26.0. The molecule has 2 saturated heterocycles. The fourth-order valence-electron chi connectivity index (χ4n) is 4.84. The fraction of sp³-hybridized carbons (Fsp3) is 0.680. The van der Waals surface area contributed by atoms with Gasteiger partial charge in [-0.2, -0.15) is 0 Å². The highest BCUT2D eigenvalue weighted by Crippen LogP contribution is 2.38. The summed E-state index contributed by atoms with van der Waals surface area (Å²) < 4.78 is 49.8. The molecule has 2 aliphatic heterocycles. The van der Waals surface area contributed by atoms with Crippen LogP contribution in [0.25, 0.3) is 0 Å².